The molecular formula is C15H27N3. The zero-order valence-electron chi connectivity index (χ0n) is 12.0. The molecule has 0 amide bonds. The van der Waals surface area contributed by atoms with Crippen molar-refractivity contribution in [3.05, 3.63) is 18.0 Å². The number of hydrogen-bond acceptors (Lipinski definition) is 2. The number of aryl methyl sites for hydroxylation is 1. The minimum absolute atomic E-state index is 0.697. The third-order valence-electron chi connectivity index (χ3n) is 4.14. The van der Waals surface area contributed by atoms with Gasteiger partial charge in [0.25, 0.3) is 0 Å². The average molecular weight is 249 g/mol. The Morgan fingerprint density at radius 2 is 2.28 bits per heavy atom. The number of rotatable bonds is 5. The Bertz CT molecular complexity index is 356. The molecule has 0 aliphatic heterocycles. The van der Waals surface area contributed by atoms with E-state index >= 15 is 0 Å². The molecule has 18 heavy (non-hydrogen) atoms. The van der Waals surface area contributed by atoms with Crippen LogP contribution in [0.5, 0.6) is 0 Å². The lowest BCUT2D eigenvalue weighted by molar-refractivity contribution is 0.211. The Labute approximate surface area is 111 Å². The van der Waals surface area contributed by atoms with E-state index in [0.717, 1.165) is 24.8 Å². The summed E-state index contributed by atoms with van der Waals surface area (Å²) in [5.74, 6) is 1.63. The van der Waals surface area contributed by atoms with Crippen molar-refractivity contribution < 1.29 is 0 Å². The number of hydrogen-bond donors (Lipinski definition) is 1. The number of nitrogens with zero attached hydrogens (tertiary/aromatic N) is 2. The Balaban J connectivity index is 1.96. The quantitative estimate of drug-likeness (QED) is 0.869. The third kappa shape index (κ3) is 3.58. The molecule has 1 aromatic heterocycles. The van der Waals surface area contributed by atoms with Crippen molar-refractivity contribution in [2.75, 3.05) is 6.54 Å². The summed E-state index contributed by atoms with van der Waals surface area (Å²) < 4.78 is 1.91. The van der Waals surface area contributed by atoms with E-state index in [1.54, 1.807) is 0 Å². The first-order valence-electron chi connectivity index (χ1n) is 7.41. The summed E-state index contributed by atoms with van der Waals surface area (Å²) in [6.07, 6.45) is 8.46. The molecule has 3 nitrogen and oxygen atoms in total. The van der Waals surface area contributed by atoms with Crippen LogP contribution >= 0.6 is 0 Å². The summed E-state index contributed by atoms with van der Waals surface area (Å²) in [6.45, 7) is 5.78. The summed E-state index contributed by atoms with van der Waals surface area (Å²) >= 11 is 0. The lowest BCUT2D eigenvalue weighted by Crippen LogP contribution is -2.41. The molecule has 1 N–H and O–H groups in total. The van der Waals surface area contributed by atoms with Gasteiger partial charge in [-0.2, -0.15) is 5.10 Å². The zero-order chi connectivity index (χ0) is 13.0. The molecule has 102 valence electrons. The smallest absolute Gasteiger partial charge is 0.0627 e. The number of aromatic nitrogens is 2. The van der Waals surface area contributed by atoms with E-state index in [1.165, 1.54) is 31.4 Å². The first kappa shape index (κ1) is 13.6. The molecule has 3 unspecified atom stereocenters. The standard InChI is InChI=1S/C15H27N3/c1-4-8-16-15-6-5-12(2)10-13(15)11-14-7-9-18(3)17-14/h7,9,12-13,15-16H,4-6,8,10-11H2,1-3H3. The molecule has 1 fully saturated rings. The van der Waals surface area contributed by atoms with Crippen molar-refractivity contribution in [1.29, 1.82) is 0 Å². The van der Waals surface area contributed by atoms with Crippen LogP contribution in [0.25, 0.3) is 0 Å². The molecule has 1 aromatic rings. The molecule has 0 saturated heterocycles. The van der Waals surface area contributed by atoms with Gasteiger partial charge in [-0.3, -0.25) is 4.68 Å². The highest BCUT2D eigenvalue weighted by Crippen LogP contribution is 2.31. The summed E-state index contributed by atoms with van der Waals surface area (Å²) in [6, 6.07) is 2.86. The van der Waals surface area contributed by atoms with Crippen molar-refractivity contribution in [3.8, 4) is 0 Å². The average Bonchev–Trinajstić information content (AvgIpc) is 2.74. The lowest BCUT2D eigenvalue weighted by atomic mass is 9.76. The van der Waals surface area contributed by atoms with Crippen LogP contribution in [-0.4, -0.2) is 22.4 Å². The first-order valence-corrected chi connectivity index (χ1v) is 7.41. The fourth-order valence-electron chi connectivity index (χ4n) is 3.16. The minimum Gasteiger partial charge on any atom is -0.314 e. The minimum atomic E-state index is 0.697. The van der Waals surface area contributed by atoms with Crippen LogP contribution in [-0.2, 0) is 13.5 Å². The highest BCUT2D eigenvalue weighted by molar-refractivity contribution is 5.02. The van der Waals surface area contributed by atoms with Crippen molar-refractivity contribution in [2.24, 2.45) is 18.9 Å². The molecule has 1 heterocycles. The Morgan fingerprint density at radius 3 is 2.94 bits per heavy atom. The highest BCUT2D eigenvalue weighted by Gasteiger charge is 2.28. The van der Waals surface area contributed by atoms with Crippen molar-refractivity contribution in [1.82, 2.24) is 15.1 Å². The van der Waals surface area contributed by atoms with Crippen molar-refractivity contribution in [2.45, 2.75) is 52.0 Å². The fraction of sp³-hybridized carbons (Fsp3) is 0.800. The fourth-order valence-corrected chi connectivity index (χ4v) is 3.16. The molecule has 3 atom stereocenters. The van der Waals surface area contributed by atoms with E-state index in [4.69, 9.17) is 0 Å². The Morgan fingerprint density at radius 1 is 1.44 bits per heavy atom. The second-order valence-corrected chi connectivity index (χ2v) is 5.92. The summed E-state index contributed by atoms with van der Waals surface area (Å²) in [7, 11) is 2.00. The molecular weight excluding hydrogens is 222 g/mol. The normalized spacial score (nSPS) is 28.5. The third-order valence-corrected chi connectivity index (χ3v) is 4.14. The van der Waals surface area contributed by atoms with E-state index in [2.05, 4.69) is 36.5 Å². The maximum Gasteiger partial charge on any atom is 0.0627 e. The molecule has 0 bridgehead atoms. The molecule has 0 radical (unpaired) electrons. The number of nitrogens with one attached hydrogen (secondary N) is 1. The summed E-state index contributed by atoms with van der Waals surface area (Å²) in [5.41, 5.74) is 1.25. The maximum atomic E-state index is 4.53. The van der Waals surface area contributed by atoms with Gasteiger partial charge in [0.15, 0.2) is 0 Å². The topological polar surface area (TPSA) is 29.9 Å². The molecule has 2 rings (SSSR count). The van der Waals surface area contributed by atoms with E-state index in [0.29, 0.717) is 6.04 Å². The largest absolute Gasteiger partial charge is 0.314 e. The van der Waals surface area contributed by atoms with Gasteiger partial charge in [-0.25, -0.2) is 0 Å². The zero-order valence-corrected chi connectivity index (χ0v) is 12.0. The lowest BCUT2D eigenvalue weighted by Gasteiger charge is -2.35. The molecule has 0 spiro atoms. The van der Waals surface area contributed by atoms with Crippen LogP contribution in [0, 0.1) is 11.8 Å². The van der Waals surface area contributed by atoms with Crippen LogP contribution in [0.1, 0.15) is 45.2 Å². The van der Waals surface area contributed by atoms with Crippen molar-refractivity contribution >= 4 is 0 Å². The van der Waals surface area contributed by atoms with E-state index in [-0.39, 0.29) is 0 Å². The van der Waals surface area contributed by atoms with E-state index < -0.39 is 0 Å². The Hall–Kier alpha value is -0.830. The second-order valence-electron chi connectivity index (χ2n) is 5.92. The maximum absolute atomic E-state index is 4.53. The van der Waals surface area contributed by atoms with Crippen LogP contribution in [0.2, 0.25) is 0 Å². The highest BCUT2D eigenvalue weighted by atomic mass is 15.2. The first-order chi connectivity index (χ1) is 8.69. The van der Waals surface area contributed by atoms with Gasteiger partial charge in [0.2, 0.25) is 0 Å². The van der Waals surface area contributed by atoms with Crippen molar-refractivity contribution in [3.63, 3.8) is 0 Å². The second kappa shape index (κ2) is 6.37. The van der Waals surface area contributed by atoms with Crippen LogP contribution < -0.4 is 5.32 Å². The monoisotopic (exact) mass is 249 g/mol. The molecule has 1 aliphatic carbocycles. The van der Waals surface area contributed by atoms with Gasteiger partial charge >= 0.3 is 0 Å². The van der Waals surface area contributed by atoms with Crippen LogP contribution in [0.4, 0.5) is 0 Å². The molecule has 0 aromatic carbocycles. The van der Waals surface area contributed by atoms with Gasteiger partial charge in [0.05, 0.1) is 5.69 Å². The summed E-state index contributed by atoms with van der Waals surface area (Å²) in [5, 5.41) is 8.27. The molecule has 1 saturated carbocycles. The SMILES string of the molecule is CCCNC1CCC(C)CC1Cc1ccn(C)n1. The van der Waals surface area contributed by atoms with E-state index in [1.807, 2.05) is 11.7 Å². The summed E-state index contributed by atoms with van der Waals surface area (Å²) in [4.78, 5) is 0. The van der Waals surface area contributed by atoms with Gasteiger partial charge in [-0.15, -0.1) is 0 Å². The van der Waals surface area contributed by atoms with Gasteiger partial charge in [0, 0.05) is 19.3 Å². The van der Waals surface area contributed by atoms with Gasteiger partial charge in [-0.1, -0.05) is 13.8 Å². The van der Waals surface area contributed by atoms with Crippen LogP contribution in [0.15, 0.2) is 12.3 Å². The van der Waals surface area contributed by atoms with Gasteiger partial charge < -0.3 is 5.32 Å². The molecule has 1 aliphatic rings. The predicted octanol–water partition coefficient (Wildman–Crippen LogP) is 2.77. The predicted molar refractivity (Wildman–Crippen MR) is 75.5 cm³/mol. The van der Waals surface area contributed by atoms with E-state index in [9.17, 15) is 0 Å². The van der Waals surface area contributed by atoms with Gasteiger partial charge in [0.1, 0.15) is 0 Å². The molecule has 3 heteroatoms. The Kier molecular flexibility index (Phi) is 4.81. The van der Waals surface area contributed by atoms with Gasteiger partial charge in [-0.05, 0) is 56.6 Å². The van der Waals surface area contributed by atoms with Crippen LogP contribution in [0.3, 0.4) is 0 Å².